The van der Waals surface area contributed by atoms with Crippen molar-refractivity contribution in [3.8, 4) is 0 Å². The number of amides is 1. The van der Waals surface area contributed by atoms with Gasteiger partial charge >= 0.3 is 5.97 Å². The maximum absolute atomic E-state index is 12.5. The van der Waals surface area contributed by atoms with Gasteiger partial charge in [-0.3, -0.25) is 4.79 Å². The molecular weight excluding hydrogens is 412 g/mol. The van der Waals surface area contributed by atoms with Crippen LogP contribution in [0.2, 0.25) is 0 Å². The highest BCUT2D eigenvalue weighted by atomic mass is 16.4. The lowest BCUT2D eigenvalue weighted by Crippen LogP contribution is -2.45. The summed E-state index contributed by atoms with van der Waals surface area (Å²) in [6.45, 7) is 4.10. The summed E-state index contributed by atoms with van der Waals surface area (Å²) in [5.74, 6) is -1.45. The van der Waals surface area contributed by atoms with Crippen LogP contribution in [0, 0.1) is 5.92 Å². The molecular formula is C21H26N8O3. The molecule has 0 saturated heterocycles. The van der Waals surface area contributed by atoms with E-state index in [0.29, 0.717) is 35.4 Å². The molecule has 11 heteroatoms. The number of hydrogen-bond acceptors (Lipinski definition) is 9. The van der Waals surface area contributed by atoms with Crippen LogP contribution in [0.25, 0.3) is 11.2 Å². The van der Waals surface area contributed by atoms with Crippen molar-refractivity contribution in [2.24, 2.45) is 5.92 Å². The van der Waals surface area contributed by atoms with Crippen LogP contribution < -0.4 is 21.7 Å². The summed E-state index contributed by atoms with van der Waals surface area (Å²) in [6, 6.07) is 5.92. The first-order valence-electron chi connectivity index (χ1n) is 10.1. The highest BCUT2D eigenvalue weighted by Gasteiger charge is 2.25. The van der Waals surface area contributed by atoms with Gasteiger partial charge in [0.15, 0.2) is 17.0 Å². The number of aromatic nitrogens is 4. The molecule has 0 radical (unpaired) electrons. The number of nitrogen functional groups attached to an aromatic ring is 2. The fourth-order valence-corrected chi connectivity index (χ4v) is 3.17. The largest absolute Gasteiger partial charge is 0.480 e. The molecule has 32 heavy (non-hydrogen) atoms. The van der Waals surface area contributed by atoms with Crippen LogP contribution in [-0.2, 0) is 11.3 Å². The summed E-state index contributed by atoms with van der Waals surface area (Å²) in [5, 5.41) is 12.0. The summed E-state index contributed by atoms with van der Waals surface area (Å²) in [7, 11) is 1.87. The predicted molar refractivity (Wildman–Crippen MR) is 121 cm³/mol. The van der Waals surface area contributed by atoms with Gasteiger partial charge in [0.25, 0.3) is 5.91 Å². The van der Waals surface area contributed by atoms with E-state index < -0.39 is 17.9 Å². The van der Waals surface area contributed by atoms with Gasteiger partial charge in [0.1, 0.15) is 6.04 Å². The third-order valence-corrected chi connectivity index (χ3v) is 5.24. The molecule has 3 rings (SSSR count). The maximum atomic E-state index is 12.5. The van der Waals surface area contributed by atoms with Crippen LogP contribution in [0.5, 0.6) is 0 Å². The number of rotatable bonds is 8. The first-order valence-corrected chi connectivity index (χ1v) is 10.1. The van der Waals surface area contributed by atoms with Crippen molar-refractivity contribution in [2.45, 2.75) is 32.9 Å². The monoisotopic (exact) mass is 438 g/mol. The zero-order valence-corrected chi connectivity index (χ0v) is 18.1. The number of nitrogens with two attached hydrogens (primary N) is 2. The summed E-state index contributed by atoms with van der Waals surface area (Å²) in [4.78, 5) is 42.5. The second kappa shape index (κ2) is 9.41. The van der Waals surface area contributed by atoms with Gasteiger partial charge in [-0.25, -0.2) is 14.8 Å². The van der Waals surface area contributed by atoms with Crippen LogP contribution in [0.4, 0.5) is 17.5 Å². The Morgan fingerprint density at radius 3 is 2.47 bits per heavy atom. The lowest BCUT2D eigenvalue weighted by atomic mass is 9.99. The number of nitrogens with zero attached hydrogens (tertiary/aromatic N) is 5. The van der Waals surface area contributed by atoms with Crippen LogP contribution in [0.1, 0.15) is 36.3 Å². The molecule has 0 aliphatic heterocycles. The average Bonchev–Trinajstić information content (AvgIpc) is 2.77. The molecule has 0 spiro atoms. The molecule has 2 heterocycles. The van der Waals surface area contributed by atoms with Crippen molar-refractivity contribution in [1.29, 1.82) is 0 Å². The Bertz CT molecular complexity index is 1140. The van der Waals surface area contributed by atoms with E-state index in [9.17, 15) is 14.7 Å². The normalized spacial score (nSPS) is 12.8. The summed E-state index contributed by atoms with van der Waals surface area (Å²) < 4.78 is 0. The predicted octanol–water partition coefficient (Wildman–Crippen LogP) is 1.45. The Morgan fingerprint density at radius 1 is 1.16 bits per heavy atom. The lowest BCUT2D eigenvalue weighted by molar-refractivity contribution is -0.140. The number of carboxylic acids is 1. The van der Waals surface area contributed by atoms with E-state index in [2.05, 4.69) is 25.3 Å². The van der Waals surface area contributed by atoms with E-state index in [-0.39, 0.29) is 17.7 Å². The first-order chi connectivity index (χ1) is 15.2. The van der Waals surface area contributed by atoms with E-state index in [4.69, 9.17) is 11.5 Å². The average molecular weight is 438 g/mol. The van der Waals surface area contributed by atoms with E-state index in [1.165, 1.54) is 0 Å². The molecule has 0 saturated carbocycles. The number of anilines is 3. The standard InChI is InChI=1S/C21H26N8O3/c1-4-11(2)15(20(31)32)26-19(30)12-5-7-14(8-6-12)29(3)10-13-9-24-18-16(25-13)17(22)27-21(23)28-18/h5-9,11,15H,4,10H2,1-3H3,(H,26,30)(H,31,32)(H4,22,23,24,27,28)/t11?,15-/m0/s1. The molecule has 0 bridgehead atoms. The molecule has 168 valence electrons. The number of nitrogens with one attached hydrogen (secondary N) is 1. The minimum atomic E-state index is -1.05. The highest BCUT2D eigenvalue weighted by Crippen LogP contribution is 2.19. The first kappa shape index (κ1) is 22.7. The topological polar surface area (TPSA) is 173 Å². The van der Waals surface area contributed by atoms with Crippen LogP contribution in [-0.4, -0.2) is 50.0 Å². The van der Waals surface area contributed by atoms with Gasteiger partial charge in [0, 0.05) is 18.3 Å². The fourth-order valence-electron chi connectivity index (χ4n) is 3.17. The van der Waals surface area contributed by atoms with Gasteiger partial charge in [-0.2, -0.15) is 9.97 Å². The summed E-state index contributed by atoms with van der Waals surface area (Å²) in [5.41, 5.74) is 14.0. The number of benzene rings is 1. The number of carbonyl (C=O) groups is 2. The van der Waals surface area contributed by atoms with E-state index >= 15 is 0 Å². The van der Waals surface area contributed by atoms with Crippen molar-refractivity contribution in [1.82, 2.24) is 25.3 Å². The zero-order chi connectivity index (χ0) is 23.4. The maximum Gasteiger partial charge on any atom is 0.326 e. The highest BCUT2D eigenvalue weighted by molar-refractivity contribution is 5.97. The smallest absolute Gasteiger partial charge is 0.326 e. The van der Waals surface area contributed by atoms with E-state index in [1.54, 1.807) is 37.4 Å². The van der Waals surface area contributed by atoms with Crippen molar-refractivity contribution >= 4 is 40.5 Å². The lowest BCUT2D eigenvalue weighted by Gasteiger charge is -2.21. The Kier molecular flexibility index (Phi) is 6.67. The Morgan fingerprint density at radius 2 is 1.84 bits per heavy atom. The van der Waals surface area contributed by atoms with Crippen molar-refractivity contribution < 1.29 is 14.7 Å². The van der Waals surface area contributed by atoms with Gasteiger partial charge in [-0.05, 0) is 30.2 Å². The number of carboxylic acid groups (broad SMARTS) is 1. The minimum Gasteiger partial charge on any atom is -0.480 e. The SMILES string of the molecule is CCC(C)[C@H](NC(=O)c1ccc(N(C)Cc2cnc3nc(N)nc(N)c3n2)cc1)C(=O)O. The minimum absolute atomic E-state index is 0.0390. The molecule has 1 aromatic carbocycles. The Hall–Kier alpha value is -4.02. The third-order valence-electron chi connectivity index (χ3n) is 5.24. The Balaban J connectivity index is 1.71. The second-order valence-corrected chi connectivity index (χ2v) is 7.58. The number of carbonyl (C=O) groups excluding carboxylic acids is 1. The molecule has 1 unspecified atom stereocenters. The van der Waals surface area contributed by atoms with Crippen molar-refractivity contribution in [3.63, 3.8) is 0 Å². The number of aliphatic carboxylic acids is 1. The quantitative estimate of drug-likeness (QED) is 0.403. The van der Waals surface area contributed by atoms with Gasteiger partial charge in [0.2, 0.25) is 5.95 Å². The van der Waals surface area contributed by atoms with E-state index in [0.717, 1.165) is 5.69 Å². The van der Waals surface area contributed by atoms with Crippen molar-refractivity contribution in [2.75, 3.05) is 23.4 Å². The summed E-state index contributed by atoms with van der Waals surface area (Å²) in [6.07, 6.45) is 2.23. The van der Waals surface area contributed by atoms with E-state index in [1.807, 2.05) is 18.9 Å². The molecule has 1 amide bonds. The van der Waals surface area contributed by atoms with Gasteiger partial charge in [-0.15, -0.1) is 0 Å². The molecule has 2 atom stereocenters. The van der Waals surface area contributed by atoms with Gasteiger partial charge < -0.3 is 26.8 Å². The van der Waals surface area contributed by atoms with Gasteiger partial charge in [0.05, 0.1) is 18.4 Å². The van der Waals surface area contributed by atoms with Crippen molar-refractivity contribution in [3.05, 3.63) is 41.7 Å². The van der Waals surface area contributed by atoms with Gasteiger partial charge in [-0.1, -0.05) is 20.3 Å². The zero-order valence-electron chi connectivity index (χ0n) is 18.1. The van der Waals surface area contributed by atoms with Crippen LogP contribution in [0.15, 0.2) is 30.5 Å². The third kappa shape index (κ3) is 4.99. The summed E-state index contributed by atoms with van der Waals surface area (Å²) >= 11 is 0. The number of hydrogen-bond donors (Lipinski definition) is 4. The molecule has 0 aliphatic carbocycles. The second-order valence-electron chi connectivity index (χ2n) is 7.58. The molecule has 3 aromatic rings. The molecule has 2 aromatic heterocycles. The molecule has 0 fully saturated rings. The molecule has 0 aliphatic rings. The van der Waals surface area contributed by atoms with Crippen LogP contribution >= 0.6 is 0 Å². The number of fused-ring (bicyclic) bond motifs is 1. The fraction of sp³-hybridized carbons (Fsp3) is 0.333. The van der Waals surface area contributed by atoms with Crippen LogP contribution in [0.3, 0.4) is 0 Å². The molecule has 6 N–H and O–H groups in total. The molecule has 11 nitrogen and oxygen atoms in total. The Labute approximate surface area is 184 Å².